The van der Waals surface area contributed by atoms with Crippen molar-refractivity contribution in [2.24, 2.45) is 0 Å². The Bertz CT molecular complexity index is 557. The number of benzene rings is 1. The van der Waals surface area contributed by atoms with Gasteiger partial charge in [0.25, 0.3) is 0 Å². The summed E-state index contributed by atoms with van der Waals surface area (Å²) in [7, 11) is 0. The number of hydrogen-bond donors (Lipinski definition) is 1. The topological polar surface area (TPSA) is 58.6 Å². The zero-order valence-corrected chi connectivity index (χ0v) is 13.8. The summed E-state index contributed by atoms with van der Waals surface area (Å²) < 4.78 is 5.35. The normalized spacial score (nSPS) is 21.5. The number of amides is 1. The maximum atomic E-state index is 12.2. The van der Waals surface area contributed by atoms with Crippen molar-refractivity contribution in [3.05, 3.63) is 29.3 Å². The van der Waals surface area contributed by atoms with Gasteiger partial charge in [-0.1, -0.05) is 17.7 Å². The lowest BCUT2D eigenvalue weighted by Gasteiger charge is -2.26. The summed E-state index contributed by atoms with van der Waals surface area (Å²) in [5, 5.41) is 3.94. The van der Waals surface area contributed by atoms with Crippen LogP contribution in [0.5, 0.6) is 0 Å². The number of anilines is 1. The number of carbonyl (C=O) groups excluding carboxylic acids is 2. The number of hydrogen-bond acceptors (Lipinski definition) is 4. The van der Waals surface area contributed by atoms with Crippen LogP contribution in [0.2, 0.25) is 5.02 Å². The third kappa shape index (κ3) is 4.37. The van der Waals surface area contributed by atoms with E-state index in [-0.39, 0.29) is 6.04 Å². The predicted molar refractivity (Wildman–Crippen MR) is 86.3 cm³/mol. The number of rotatable bonds is 3. The van der Waals surface area contributed by atoms with Crippen LogP contribution in [0.4, 0.5) is 10.5 Å². The van der Waals surface area contributed by atoms with Crippen LogP contribution in [0.25, 0.3) is 0 Å². The molecule has 1 heterocycles. The molecule has 0 bridgehead atoms. The lowest BCUT2D eigenvalue weighted by Crippen LogP contribution is -2.41. The van der Waals surface area contributed by atoms with Gasteiger partial charge >= 0.3 is 6.09 Å². The molecule has 1 aromatic carbocycles. The van der Waals surface area contributed by atoms with Gasteiger partial charge in [0.05, 0.1) is 6.04 Å². The van der Waals surface area contributed by atoms with Crippen LogP contribution in [0.1, 0.15) is 27.2 Å². The molecule has 120 valence electrons. The first-order valence-electron chi connectivity index (χ1n) is 7.25. The van der Waals surface area contributed by atoms with Gasteiger partial charge in [-0.2, -0.15) is 0 Å². The van der Waals surface area contributed by atoms with E-state index in [0.29, 0.717) is 18.0 Å². The van der Waals surface area contributed by atoms with Crippen LogP contribution in [-0.4, -0.2) is 41.5 Å². The maximum Gasteiger partial charge on any atom is 0.410 e. The van der Waals surface area contributed by atoms with Crippen LogP contribution >= 0.6 is 11.6 Å². The van der Waals surface area contributed by atoms with E-state index in [9.17, 15) is 9.59 Å². The molecular weight excluding hydrogens is 304 g/mol. The van der Waals surface area contributed by atoms with Gasteiger partial charge in [0, 0.05) is 23.3 Å². The van der Waals surface area contributed by atoms with Crippen molar-refractivity contribution >= 4 is 29.7 Å². The zero-order chi connectivity index (χ0) is 16.3. The van der Waals surface area contributed by atoms with E-state index in [4.69, 9.17) is 16.3 Å². The number of halogens is 1. The molecule has 0 radical (unpaired) electrons. The molecule has 1 saturated heterocycles. The van der Waals surface area contributed by atoms with Crippen molar-refractivity contribution in [3.63, 3.8) is 0 Å². The van der Waals surface area contributed by atoms with Crippen LogP contribution in [0.15, 0.2) is 24.3 Å². The highest BCUT2D eigenvalue weighted by molar-refractivity contribution is 6.30. The Morgan fingerprint density at radius 3 is 2.77 bits per heavy atom. The Kier molecular flexibility index (Phi) is 4.96. The second-order valence-corrected chi connectivity index (χ2v) is 6.86. The fraction of sp³-hybridized carbons (Fsp3) is 0.500. The summed E-state index contributed by atoms with van der Waals surface area (Å²) in [5.41, 5.74) is 0.288. The molecule has 0 spiro atoms. The number of carbonyl (C=O) groups is 2. The molecule has 5 nitrogen and oxygen atoms in total. The van der Waals surface area contributed by atoms with Crippen LogP contribution in [0.3, 0.4) is 0 Å². The van der Waals surface area contributed by atoms with Gasteiger partial charge < -0.3 is 14.8 Å². The van der Waals surface area contributed by atoms with E-state index in [1.807, 2.05) is 18.2 Å². The van der Waals surface area contributed by atoms with Crippen LogP contribution < -0.4 is 5.32 Å². The smallest absolute Gasteiger partial charge is 0.410 e. The molecule has 1 aliphatic heterocycles. The van der Waals surface area contributed by atoms with Crippen molar-refractivity contribution < 1.29 is 14.3 Å². The molecule has 2 rings (SSSR count). The van der Waals surface area contributed by atoms with Crippen molar-refractivity contribution in [3.8, 4) is 0 Å². The summed E-state index contributed by atoms with van der Waals surface area (Å²) in [6.07, 6.45) is 0.888. The SMILES string of the molecule is CC(C)(C)OC(=O)N1C[C@@H](Nc2cccc(Cl)c2)C[C@H]1C=O. The highest BCUT2D eigenvalue weighted by Gasteiger charge is 2.37. The first kappa shape index (κ1) is 16.6. The second kappa shape index (κ2) is 6.57. The van der Waals surface area contributed by atoms with E-state index in [2.05, 4.69) is 5.32 Å². The largest absolute Gasteiger partial charge is 0.444 e. The quantitative estimate of drug-likeness (QED) is 0.866. The number of nitrogens with zero attached hydrogens (tertiary/aromatic N) is 1. The lowest BCUT2D eigenvalue weighted by atomic mass is 10.2. The third-order valence-corrected chi connectivity index (χ3v) is 3.56. The zero-order valence-electron chi connectivity index (χ0n) is 13.0. The molecule has 22 heavy (non-hydrogen) atoms. The Morgan fingerprint density at radius 1 is 1.45 bits per heavy atom. The third-order valence-electron chi connectivity index (χ3n) is 3.32. The van der Waals surface area contributed by atoms with Crippen LogP contribution in [0, 0.1) is 0 Å². The molecule has 1 N–H and O–H groups in total. The summed E-state index contributed by atoms with van der Waals surface area (Å²) >= 11 is 5.96. The minimum absolute atomic E-state index is 0.0128. The first-order valence-corrected chi connectivity index (χ1v) is 7.63. The highest BCUT2D eigenvalue weighted by atomic mass is 35.5. The Labute approximate surface area is 135 Å². The van der Waals surface area contributed by atoms with Crippen molar-refractivity contribution in [2.45, 2.75) is 44.9 Å². The molecule has 0 saturated carbocycles. The van der Waals surface area contributed by atoms with Crippen molar-refractivity contribution in [1.29, 1.82) is 0 Å². The summed E-state index contributed by atoms with van der Waals surface area (Å²) in [6, 6.07) is 6.88. The Morgan fingerprint density at radius 2 is 2.18 bits per heavy atom. The minimum atomic E-state index is -0.580. The summed E-state index contributed by atoms with van der Waals surface area (Å²) in [5.74, 6) is 0. The molecular formula is C16H21ClN2O3. The van der Waals surface area contributed by atoms with Gasteiger partial charge in [-0.3, -0.25) is 4.90 Å². The van der Waals surface area contributed by atoms with Gasteiger partial charge in [0.2, 0.25) is 0 Å². The maximum absolute atomic E-state index is 12.2. The Balaban J connectivity index is 2.02. The summed E-state index contributed by atoms with van der Waals surface area (Å²) in [4.78, 5) is 24.9. The Hall–Kier alpha value is -1.75. The average molecular weight is 325 g/mol. The molecule has 0 aliphatic carbocycles. The van der Waals surface area contributed by atoms with E-state index < -0.39 is 17.7 Å². The monoisotopic (exact) mass is 324 g/mol. The van der Waals surface area contributed by atoms with Crippen molar-refractivity contribution in [2.75, 3.05) is 11.9 Å². The standard InChI is InChI=1S/C16H21ClN2O3/c1-16(2,3)22-15(21)19-9-13(8-14(19)10-20)18-12-6-4-5-11(17)7-12/h4-7,10,13-14,18H,8-9H2,1-3H3/t13-,14-/m0/s1. The lowest BCUT2D eigenvalue weighted by molar-refractivity contribution is -0.111. The molecule has 0 aromatic heterocycles. The number of ether oxygens (including phenoxy) is 1. The van der Waals surface area contributed by atoms with Crippen molar-refractivity contribution in [1.82, 2.24) is 4.90 Å². The number of aldehydes is 1. The average Bonchev–Trinajstić information content (AvgIpc) is 2.80. The minimum Gasteiger partial charge on any atom is -0.444 e. The number of likely N-dealkylation sites (tertiary alicyclic amines) is 1. The molecule has 0 unspecified atom stereocenters. The first-order chi connectivity index (χ1) is 10.3. The van der Waals surface area contributed by atoms with Gasteiger partial charge in [0.1, 0.15) is 11.9 Å². The number of nitrogens with one attached hydrogen (secondary N) is 1. The van der Waals surface area contributed by atoms with Gasteiger partial charge in [-0.15, -0.1) is 0 Å². The molecule has 1 fully saturated rings. The van der Waals surface area contributed by atoms with Gasteiger partial charge in [-0.25, -0.2) is 4.79 Å². The summed E-state index contributed by atoms with van der Waals surface area (Å²) in [6.45, 7) is 5.83. The van der Waals surface area contributed by atoms with E-state index in [0.717, 1.165) is 12.0 Å². The van der Waals surface area contributed by atoms with Gasteiger partial charge in [0.15, 0.2) is 0 Å². The molecule has 1 aromatic rings. The highest BCUT2D eigenvalue weighted by Crippen LogP contribution is 2.24. The predicted octanol–water partition coefficient (Wildman–Crippen LogP) is 3.33. The van der Waals surface area contributed by atoms with E-state index in [1.165, 1.54) is 4.90 Å². The molecule has 6 heteroatoms. The molecule has 2 atom stereocenters. The van der Waals surface area contributed by atoms with Crippen LogP contribution in [-0.2, 0) is 9.53 Å². The van der Waals surface area contributed by atoms with Gasteiger partial charge in [-0.05, 0) is 45.4 Å². The van der Waals surface area contributed by atoms with E-state index >= 15 is 0 Å². The fourth-order valence-corrected chi connectivity index (χ4v) is 2.63. The molecule has 1 aliphatic rings. The fourth-order valence-electron chi connectivity index (χ4n) is 2.44. The second-order valence-electron chi connectivity index (χ2n) is 6.42. The molecule has 1 amide bonds. The van der Waals surface area contributed by atoms with E-state index in [1.54, 1.807) is 26.8 Å².